The van der Waals surface area contributed by atoms with Crippen LogP contribution in [0.4, 0.5) is 0 Å². The Morgan fingerprint density at radius 2 is 2.05 bits per heavy atom. The summed E-state index contributed by atoms with van der Waals surface area (Å²) in [7, 11) is 0. The third-order valence-electron chi connectivity index (χ3n) is 3.85. The lowest BCUT2D eigenvalue weighted by atomic mass is 9.95. The van der Waals surface area contributed by atoms with Crippen molar-refractivity contribution in [3.05, 3.63) is 35.9 Å². The summed E-state index contributed by atoms with van der Waals surface area (Å²) in [6.45, 7) is 1.61. The first-order valence-electron chi connectivity index (χ1n) is 7.42. The summed E-state index contributed by atoms with van der Waals surface area (Å²) in [6.07, 6.45) is 2.75. The summed E-state index contributed by atoms with van der Waals surface area (Å²) < 4.78 is 0. The van der Waals surface area contributed by atoms with Crippen LogP contribution in [0.3, 0.4) is 0 Å². The smallest absolute Gasteiger partial charge is 0.251 e. The topological polar surface area (TPSA) is 69.6 Å². The van der Waals surface area contributed by atoms with Crippen LogP contribution in [0.2, 0.25) is 0 Å². The molecule has 1 aromatic carbocycles. The zero-order valence-corrected chi connectivity index (χ0v) is 12.1. The zero-order valence-electron chi connectivity index (χ0n) is 12.1. The number of aliphatic hydroxyl groups is 1. The summed E-state index contributed by atoms with van der Waals surface area (Å²) in [5, 5.41) is 11.6. The molecule has 0 spiro atoms. The fourth-order valence-electron chi connectivity index (χ4n) is 2.67. The Kier molecular flexibility index (Phi) is 5.75. The maximum atomic E-state index is 12.1. The minimum Gasteiger partial charge on any atom is -0.396 e. The zero-order chi connectivity index (χ0) is 15.1. The van der Waals surface area contributed by atoms with Crippen LogP contribution in [0, 0.1) is 5.92 Å². The number of hydrogen-bond acceptors (Lipinski definition) is 3. The van der Waals surface area contributed by atoms with Crippen molar-refractivity contribution in [1.82, 2.24) is 10.2 Å². The standard InChI is InChI=1S/C16H22N2O3/c19-10-8-13-5-4-9-18(12-13)15(20)11-17-16(21)14-6-2-1-3-7-14/h1-3,6-7,13,19H,4-5,8-12H2,(H,17,21). The summed E-state index contributed by atoms with van der Waals surface area (Å²) >= 11 is 0. The number of amides is 2. The Morgan fingerprint density at radius 3 is 2.76 bits per heavy atom. The SMILES string of the molecule is O=C(NCC(=O)N1CCCC(CCO)C1)c1ccccc1. The third-order valence-corrected chi connectivity index (χ3v) is 3.85. The Labute approximate surface area is 125 Å². The van der Waals surface area contributed by atoms with E-state index in [4.69, 9.17) is 5.11 Å². The average molecular weight is 290 g/mol. The Morgan fingerprint density at radius 1 is 1.29 bits per heavy atom. The van der Waals surface area contributed by atoms with E-state index in [1.165, 1.54) is 0 Å². The Hall–Kier alpha value is -1.88. The second-order valence-electron chi connectivity index (χ2n) is 5.41. The molecule has 1 fully saturated rings. The van der Waals surface area contributed by atoms with Gasteiger partial charge in [0.15, 0.2) is 0 Å². The molecule has 1 aliphatic rings. The number of benzene rings is 1. The van der Waals surface area contributed by atoms with Gasteiger partial charge in [0.25, 0.3) is 5.91 Å². The molecule has 2 amide bonds. The van der Waals surface area contributed by atoms with Crippen molar-refractivity contribution in [1.29, 1.82) is 0 Å². The van der Waals surface area contributed by atoms with Crippen molar-refractivity contribution in [3.8, 4) is 0 Å². The molecule has 1 atom stereocenters. The van der Waals surface area contributed by atoms with Gasteiger partial charge in [-0.3, -0.25) is 9.59 Å². The molecule has 0 aliphatic carbocycles. The summed E-state index contributed by atoms with van der Waals surface area (Å²) in [6, 6.07) is 8.87. The minimum atomic E-state index is -0.229. The lowest BCUT2D eigenvalue weighted by Crippen LogP contribution is -2.45. The molecule has 1 unspecified atom stereocenters. The number of carbonyl (C=O) groups is 2. The molecule has 0 aromatic heterocycles. The van der Waals surface area contributed by atoms with Gasteiger partial charge in [0.05, 0.1) is 6.54 Å². The summed E-state index contributed by atoms with van der Waals surface area (Å²) in [4.78, 5) is 25.8. The van der Waals surface area contributed by atoms with Gasteiger partial charge in [0, 0.05) is 25.3 Å². The van der Waals surface area contributed by atoms with E-state index in [0.717, 1.165) is 25.8 Å². The van der Waals surface area contributed by atoms with E-state index in [1.54, 1.807) is 29.2 Å². The molecule has 1 aromatic rings. The first-order chi connectivity index (χ1) is 10.2. The molecular formula is C16H22N2O3. The number of piperidine rings is 1. The molecule has 114 valence electrons. The first-order valence-corrected chi connectivity index (χ1v) is 7.42. The van der Waals surface area contributed by atoms with Crippen molar-refractivity contribution in [2.45, 2.75) is 19.3 Å². The van der Waals surface area contributed by atoms with E-state index in [2.05, 4.69) is 5.32 Å². The summed E-state index contributed by atoms with van der Waals surface area (Å²) in [5.41, 5.74) is 0.558. The van der Waals surface area contributed by atoms with Crippen molar-refractivity contribution in [2.75, 3.05) is 26.2 Å². The van der Waals surface area contributed by atoms with Gasteiger partial charge in [-0.1, -0.05) is 18.2 Å². The highest BCUT2D eigenvalue weighted by molar-refractivity contribution is 5.96. The quantitative estimate of drug-likeness (QED) is 0.851. The van der Waals surface area contributed by atoms with E-state index in [1.807, 2.05) is 6.07 Å². The van der Waals surface area contributed by atoms with E-state index < -0.39 is 0 Å². The molecule has 2 N–H and O–H groups in total. The summed E-state index contributed by atoms with van der Waals surface area (Å²) in [5.74, 6) is 0.0901. The number of nitrogens with zero attached hydrogens (tertiary/aromatic N) is 1. The van der Waals surface area contributed by atoms with Gasteiger partial charge < -0.3 is 15.3 Å². The Bertz CT molecular complexity index is 474. The van der Waals surface area contributed by atoms with Crippen molar-refractivity contribution >= 4 is 11.8 Å². The van der Waals surface area contributed by atoms with Gasteiger partial charge in [-0.05, 0) is 37.3 Å². The molecule has 0 bridgehead atoms. The normalized spacial score (nSPS) is 18.3. The highest BCUT2D eigenvalue weighted by atomic mass is 16.3. The van der Waals surface area contributed by atoms with Crippen molar-refractivity contribution < 1.29 is 14.7 Å². The number of nitrogens with one attached hydrogen (secondary N) is 1. The lowest BCUT2D eigenvalue weighted by Gasteiger charge is -2.32. The predicted octanol–water partition coefficient (Wildman–Crippen LogP) is 1.04. The maximum absolute atomic E-state index is 12.1. The van der Waals surface area contributed by atoms with E-state index in [9.17, 15) is 9.59 Å². The molecule has 1 heterocycles. The van der Waals surface area contributed by atoms with Crippen LogP contribution in [0.25, 0.3) is 0 Å². The van der Waals surface area contributed by atoms with E-state index in [-0.39, 0.29) is 25.0 Å². The van der Waals surface area contributed by atoms with E-state index in [0.29, 0.717) is 18.0 Å². The van der Waals surface area contributed by atoms with Gasteiger partial charge in [0.2, 0.25) is 5.91 Å². The lowest BCUT2D eigenvalue weighted by molar-refractivity contribution is -0.132. The fourth-order valence-corrected chi connectivity index (χ4v) is 2.67. The highest BCUT2D eigenvalue weighted by Crippen LogP contribution is 2.19. The van der Waals surface area contributed by atoms with Crippen molar-refractivity contribution in [2.24, 2.45) is 5.92 Å². The number of likely N-dealkylation sites (tertiary alicyclic amines) is 1. The number of aliphatic hydroxyl groups excluding tert-OH is 1. The van der Waals surface area contributed by atoms with Crippen LogP contribution in [0.15, 0.2) is 30.3 Å². The number of rotatable bonds is 5. The number of carbonyl (C=O) groups excluding carboxylic acids is 2. The molecule has 0 saturated carbocycles. The second-order valence-corrected chi connectivity index (χ2v) is 5.41. The third kappa shape index (κ3) is 4.56. The highest BCUT2D eigenvalue weighted by Gasteiger charge is 2.23. The van der Waals surface area contributed by atoms with Gasteiger partial charge >= 0.3 is 0 Å². The fraction of sp³-hybridized carbons (Fsp3) is 0.500. The molecule has 2 rings (SSSR count). The second kappa shape index (κ2) is 7.78. The Balaban J connectivity index is 1.80. The predicted molar refractivity (Wildman–Crippen MR) is 79.8 cm³/mol. The maximum Gasteiger partial charge on any atom is 0.251 e. The van der Waals surface area contributed by atoms with Gasteiger partial charge in [0.1, 0.15) is 0 Å². The molecule has 21 heavy (non-hydrogen) atoms. The van der Waals surface area contributed by atoms with Crippen LogP contribution in [0.5, 0.6) is 0 Å². The first kappa shape index (κ1) is 15.5. The van der Waals surface area contributed by atoms with Crippen LogP contribution < -0.4 is 5.32 Å². The van der Waals surface area contributed by atoms with Crippen LogP contribution in [0.1, 0.15) is 29.6 Å². The minimum absolute atomic E-state index is 0.0274. The monoisotopic (exact) mass is 290 g/mol. The number of hydrogen-bond donors (Lipinski definition) is 2. The van der Waals surface area contributed by atoms with Gasteiger partial charge in [-0.15, -0.1) is 0 Å². The van der Waals surface area contributed by atoms with Crippen LogP contribution in [-0.2, 0) is 4.79 Å². The molecule has 5 heteroatoms. The molecule has 0 radical (unpaired) electrons. The van der Waals surface area contributed by atoms with Gasteiger partial charge in [-0.2, -0.15) is 0 Å². The largest absolute Gasteiger partial charge is 0.396 e. The average Bonchev–Trinajstić information content (AvgIpc) is 2.53. The van der Waals surface area contributed by atoms with Crippen molar-refractivity contribution in [3.63, 3.8) is 0 Å². The molecule has 5 nitrogen and oxygen atoms in total. The van der Waals surface area contributed by atoms with E-state index >= 15 is 0 Å². The van der Waals surface area contributed by atoms with Crippen LogP contribution in [-0.4, -0.2) is 48.1 Å². The molecular weight excluding hydrogens is 268 g/mol. The van der Waals surface area contributed by atoms with Crippen LogP contribution >= 0.6 is 0 Å². The molecule has 1 aliphatic heterocycles. The van der Waals surface area contributed by atoms with Gasteiger partial charge in [-0.25, -0.2) is 0 Å². The molecule has 1 saturated heterocycles.